The van der Waals surface area contributed by atoms with Gasteiger partial charge in [0.25, 0.3) is 0 Å². The van der Waals surface area contributed by atoms with Crippen LogP contribution in [0.4, 0.5) is 0 Å². The van der Waals surface area contributed by atoms with Crippen molar-refractivity contribution in [1.82, 2.24) is 9.80 Å². The van der Waals surface area contributed by atoms with Crippen LogP contribution in [0.15, 0.2) is 17.5 Å². The molecule has 23 heavy (non-hydrogen) atoms. The molecular formula is C16H24N2O4S. The van der Waals surface area contributed by atoms with E-state index in [1.165, 1.54) is 0 Å². The summed E-state index contributed by atoms with van der Waals surface area (Å²) in [5, 5.41) is 12.1. The third kappa shape index (κ3) is 5.60. The van der Waals surface area contributed by atoms with Gasteiger partial charge >= 0.3 is 5.97 Å². The molecule has 1 unspecified atom stereocenters. The fourth-order valence-electron chi connectivity index (χ4n) is 2.60. The van der Waals surface area contributed by atoms with Gasteiger partial charge < -0.3 is 14.7 Å². The van der Waals surface area contributed by atoms with Crippen LogP contribution in [0.25, 0.3) is 0 Å². The van der Waals surface area contributed by atoms with Crippen LogP contribution in [-0.4, -0.2) is 66.1 Å². The van der Waals surface area contributed by atoms with Crippen molar-refractivity contribution in [3.05, 3.63) is 22.4 Å². The molecule has 2 heterocycles. The van der Waals surface area contributed by atoms with E-state index in [1.807, 2.05) is 17.5 Å². The number of esters is 1. The minimum atomic E-state index is -0.471. The van der Waals surface area contributed by atoms with E-state index in [-0.39, 0.29) is 24.7 Å². The first-order chi connectivity index (χ1) is 11.1. The van der Waals surface area contributed by atoms with Crippen molar-refractivity contribution in [2.45, 2.75) is 25.9 Å². The molecule has 1 aromatic rings. The van der Waals surface area contributed by atoms with Crippen molar-refractivity contribution < 1.29 is 19.4 Å². The molecule has 0 radical (unpaired) electrons. The number of thiophene rings is 1. The van der Waals surface area contributed by atoms with Gasteiger partial charge in [-0.15, -0.1) is 11.3 Å². The summed E-state index contributed by atoms with van der Waals surface area (Å²) in [6.07, 6.45) is -0.123. The topological polar surface area (TPSA) is 70.1 Å². The van der Waals surface area contributed by atoms with Crippen LogP contribution in [-0.2, 0) is 14.3 Å². The molecule has 6 nitrogen and oxygen atoms in total. The van der Waals surface area contributed by atoms with Gasteiger partial charge in [-0.05, 0) is 18.4 Å². The molecule has 0 spiro atoms. The third-order valence-electron chi connectivity index (χ3n) is 3.88. The molecule has 1 atom stereocenters. The second-order valence-corrected chi connectivity index (χ2v) is 6.50. The quantitative estimate of drug-likeness (QED) is 0.757. The van der Waals surface area contributed by atoms with E-state index in [0.717, 1.165) is 18.0 Å². The first-order valence-corrected chi connectivity index (χ1v) is 8.85. The van der Waals surface area contributed by atoms with Crippen LogP contribution < -0.4 is 0 Å². The van der Waals surface area contributed by atoms with Crippen molar-refractivity contribution in [2.75, 3.05) is 39.3 Å². The Labute approximate surface area is 140 Å². The molecule has 128 valence electrons. The summed E-state index contributed by atoms with van der Waals surface area (Å²) in [5.41, 5.74) is 0. The highest BCUT2D eigenvalue weighted by Crippen LogP contribution is 2.20. The Bertz CT molecular complexity index is 498. The Morgan fingerprint density at radius 3 is 2.65 bits per heavy atom. The van der Waals surface area contributed by atoms with Crippen LogP contribution in [0.5, 0.6) is 0 Å². The molecule has 1 amide bonds. The Kier molecular flexibility index (Phi) is 7.01. The summed E-state index contributed by atoms with van der Waals surface area (Å²) in [6.45, 7) is 5.45. The predicted molar refractivity (Wildman–Crippen MR) is 88.2 cm³/mol. The summed E-state index contributed by atoms with van der Waals surface area (Å²) >= 11 is 1.55. The summed E-state index contributed by atoms with van der Waals surface area (Å²) in [6, 6.07) is 3.87. The van der Waals surface area contributed by atoms with E-state index < -0.39 is 6.10 Å². The number of hydrogen-bond acceptors (Lipinski definition) is 6. The molecule has 7 heteroatoms. The molecule has 0 aromatic carbocycles. The number of nitrogens with zero attached hydrogens (tertiary/aromatic N) is 2. The lowest BCUT2D eigenvalue weighted by Crippen LogP contribution is -2.49. The Morgan fingerprint density at radius 1 is 1.30 bits per heavy atom. The highest BCUT2D eigenvalue weighted by Gasteiger charge is 2.23. The number of hydrogen-bond donors (Lipinski definition) is 1. The average Bonchev–Trinajstić information content (AvgIpc) is 3.08. The fourth-order valence-corrected chi connectivity index (χ4v) is 3.30. The van der Waals surface area contributed by atoms with Gasteiger partial charge in [0.2, 0.25) is 5.91 Å². The van der Waals surface area contributed by atoms with E-state index in [4.69, 9.17) is 4.74 Å². The molecule has 1 aromatic heterocycles. The zero-order valence-corrected chi connectivity index (χ0v) is 14.3. The van der Waals surface area contributed by atoms with Gasteiger partial charge in [-0.25, -0.2) is 0 Å². The smallest absolute Gasteiger partial charge is 0.306 e. The highest BCUT2D eigenvalue weighted by atomic mass is 32.1. The number of aliphatic hydroxyl groups excluding tert-OH is 1. The maximum Gasteiger partial charge on any atom is 0.306 e. The van der Waals surface area contributed by atoms with Gasteiger partial charge in [-0.3, -0.25) is 14.5 Å². The lowest BCUT2D eigenvalue weighted by Gasteiger charge is -2.35. The summed E-state index contributed by atoms with van der Waals surface area (Å²) in [5.74, 6) is -0.324. The van der Waals surface area contributed by atoms with Gasteiger partial charge in [0.15, 0.2) is 0 Å². The number of ether oxygens (including phenoxy) is 1. The van der Waals surface area contributed by atoms with Crippen molar-refractivity contribution >= 4 is 23.2 Å². The number of aliphatic hydroxyl groups is 1. The van der Waals surface area contributed by atoms with Crippen molar-refractivity contribution in [2.24, 2.45) is 0 Å². The number of β-amino-alcohol motifs (C(OH)–C–C–N with tert-alkyl or cyclic N) is 1. The van der Waals surface area contributed by atoms with Crippen molar-refractivity contribution in [1.29, 1.82) is 0 Å². The molecule has 0 aliphatic carbocycles. The van der Waals surface area contributed by atoms with Gasteiger partial charge in [-0.1, -0.05) is 6.07 Å². The molecular weight excluding hydrogens is 316 g/mol. The third-order valence-corrected chi connectivity index (χ3v) is 4.85. The van der Waals surface area contributed by atoms with Gasteiger partial charge in [0, 0.05) is 44.0 Å². The first-order valence-electron chi connectivity index (χ1n) is 7.97. The Hall–Kier alpha value is -1.44. The van der Waals surface area contributed by atoms with E-state index >= 15 is 0 Å². The van der Waals surface area contributed by atoms with Crippen molar-refractivity contribution in [3.63, 3.8) is 0 Å². The number of carbonyl (C=O) groups excluding carboxylic acids is 2. The molecule has 1 N–H and O–H groups in total. The lowest BCUT2D eigenvalue weighted by molar-refractivity contribution is -0.146. The fraction of sp³-hybridized carbons (Fsp3) is 0.625. The molecule has 0 saturated carbocycles. The highest BCUT2D eigenvalue weighted by molar-refractivity contribution is 7.10. The van der Waals surface area contributed by atoms with E-state index in [9.17, 15) is 14.7 Å². The number of rotatable bonds is 7. The second-order valence-electron chi connectivity index (χ2n) is 5.52. The molecule has 1 aliphatic rings. The number of amides is 1. The Balaban J connectivity index is 1.69. The standard InChI is InChI=1S/C16H24N2O4S/c1-2-22-16(21)6-5-15(20)18-9-7-17(8-10-18)12-13(19)14-4-3-11-23-14/h3-4,11,13,19H,2,5-10,12H2,1H3. The molecule has 0 bridgehead atoms. The van der Waals surface area contributed by atoms with Gasteiger partial charge in [0.1, 0.15) is 6.10 Å². The lowest BCUT2D eigenvalue weighted by atomic mass is 10.2. The second kappa shape index (κ2) is 9.00. The van der Waals surface area contributed by atoms with Crippen LogP contribution >= 0.6 is 11.3 Å². The van der Waals surface area contributed by atoms with E-state index in [0.29, 0.717) is 26.2 Å². The summed E-state index contributed by atoms with van der Waals surface area (Å²) < 4.78 is 4.83. The van der Waals surface area contributed by atoms with Gasteiger partial charge in [0.05, 0.1) is 13.0 Å². The zero-order valence-electron chi connectivity index (χ0n) is 13.4. The average molecular weight is 340 g/mol. The molecule has 1 aliphatic heterocycles. The van der Waals surface area contributed by atoms with E-state index in [2.05, 4.69) is 4.90 Å². The van der Waals surface area contributed by atoms with E-state index in [1.54, 1.807) is 23.2 Å². The van der Waals surface area contributed by atoms with Gasteiger partial charge in [-0.2, -0.15) is 0 Å². The SMILES string of the molecule is CCOC(=O)CCC(=O)N1CCN(CC(O)c2cccs2)CC1. The maximum atomic E-state index is 12.1. The Morgan fingerprint density at radius 2 is 2.04 bits per heavy atom. The number of piperazine rings is 1. The largest absolute Gasteiger partial charge is 0.466 e. The van der Waals surface area contributed by atoms with Crippen LogP contribution in [0.1, 0.15) is 30.7 Å². The minimum Gasteiger partial charge on any atom is -0.466 e. The van der Waals surface area contributed by atoms with Crippen LogP contribution in [0.2, 0.25) is 0 Å². The first kappa shape index (κ1) is 17.9. The summed E-state index contributed by atoms with van der Waals surface area (Å²) in [7, 11) is 0. The predicted octanol–water partition coefficient (Wildman–Crippen LogP) is 1.27. The van der Waals surface area contributed by atoms with Crippen LogP contribution in [0.3, 0.4) is 0 Å². The normalized spacial score (nSPS) is 17.0. The number of carbonyl (C=O) groups is 2. The maximum absolute atomic E-state index is 12.1. The molecule has 1 fully saturated rings. The van der Waals surface area contributed by atoms with Crippen LogP contribution in [0, 0.1) is 0 Å². The van der Waals surface area contributed by atoms with Crippen molar-refractivity contribution in [3.8, 4) is 0 Å². The monoisotopic (exact) mass is 340 g/mol. The summed E-state index contributed by atoms with van der Waals surface area (Å²) in [4.78, 5) is 28.3. The molecule has 2 rings (SSSR count). The minimum absolute atomic E-state index is 0.00323. The molecule has 1 saturated heterocycles. The zero-order chi connectivity index (χ0) is 16.7.